The van der Waals surface area contributed by atoms with Gasteiger partial charge in [0.15, 0.2) is 6.23 Å². The molecule has 3 rings (SSSR count). The number of carboxylic acids is 1. The van der Waals surface area contributed by atoms with Crippen molar-refractivity contribution in [1.82, 2.24) is 9.80 Å². The summed E-state index contributed by atoms with van der Waals surface area (Å²) in [6.45, 7) is 2.38. The average molecular weight is 402 g/mol. The van der Waals surface area contributed by atoms with Crippen LogP contribution in [0.15, 0.2) is 24.3 Å². The first-order valence-corrected chi connectivity index (χ1v) is 9.76. The highest BCUT2D eigenvalue weighted by Crippen LogP contribution is 2.38. The summed E-state index contributed by atoms with van der Waals surface area (Å²) in [5, 5.41) is 16.7. The smallest absolute Gasteiger partial charge is 0.315 e. The zero-order valence-corrected chi connectivity index (χ0v) is 16.3. The fraction of sp³-hybridized carbons (Fsp3) is 0.500. The molecule has 1 aliphatic heterocycles. The van der Waals surface area contributed by atoms with E-state index >= 15 is 0 Å². The van der Waals surface area contributed by atoms with Gasteiger partial charge in [0.1, 0.15) is 11.6 Å². The highest BCUT2D eigenvalue weighted by atomic mass is 16.5. The van der Waals surface area contributed by atoms with Crippen molar-refractivity contribution in [1.29, 1.82) is 5.41 Å². The van der Waals surface area contributed by atoms with Crippen LogP contribution in [-0.2, 0) is 14.4 Å². The second kappa shape index (κ2) is 8.50. The number of nitrogens with zero attached hydrogens (tertiary/aromatic N) is 2. The Kier molecular flexibility index (Phi) is 6.05. The molecular formula is C20H26N4O5. The quantitative estimate of drug-likeness (QED) is 0.320. The first kappa shape index (κ1) is 20.6. The molecule has 4 N–H and O–H groups in total. The second-order valence-corrected chi connectivity index (χ2v) is 7.47. The lowest BCUT2D eigenvalue weighted by Crippen LogP contribution is -2.64. The van der Waals surface area contributed by atoms with Crippen molar-refractivity contribution < 1.29 is 24.2 Å². The van der Waals surface area contributed by atoms with E-state index in [1.165, 1.54) is 9.80 Å². The predicted octanol–water partition coefficient (Wildman–Crippen LogP) is 1.01. The number of ether oxygens (including phenoxy) is 1. The highest BCUT2D eigenvalue weighted by Gasteiger charge is 2.47. The first-order valence-electron chi connectivity index (χ1n) is 9.76. The van der Waals surface area contributed by atoms with Crippen LogP contribution in [0, 0.1) is 11.3 Å². The molecule has 2 amide bonds. The third kappa shape index (κ3) is 4.67. The fourth-order valence-electron chi connectivity index (χ4n) is 3.66. The van der Waals surface area contributed by atoms with Crippen LogP contribution in [0.4, 0.5) is 0 Å². The maximum atomic E-state index is 12.8. The van der Waals surface area contributed by atoms with Crippen molar-refractivity contribution in [3.05, 3.63) is 29.8 Å². The third-order valence-electron chi connectivity index (χ3n) is 5.26. The summed E-state index contributed by atoms with van der Waals surface area (Å²) in [5.41, 5.74) is 6.02. The summed E-state index contributed by atoms with van der Waals surface area (Å²) in [5.74, 6) is -1.80. The summed E-state index contributed by atoms with van der Waals surface area (Å²) in [4.78, 5) is 39.6. The van der Waals surface area contributed by atoms with Crippen LogP contribution in [0.5, 0.6) is 5.75 Å². The number of carboxylic acid groups (broad SMARTS) is 1. The topological polar surface area (TPSA) is 137 Å². The third-order valence-corrected chi connectivity index (χ3v) is 5.26. The van der Waals surface area contributed by atoms with Crippen LogP contribution in [-0.4, -0.2) is 63.9 Å². The molecule has 2 atom stereocenters. The monoisotopic (exact) mass is 402 g/mol. The number of amides is 2. The van der Waals surface area contributed by atoms with Crippen LogP contribution >= 0.6 is 0 Å². The minimum Gasteiger partial charge on any atom is -0.481 e. The van der Waals surface area contributed by atoms with Gasteiger partial charge >= 0.3 is 17.8 Å². The van der Waals surface area contributed by atoms with Crippen molar-refractivity contribution in [3.63, 3.8) is 0 Å². The van der Waals surface area contributed by atoms with Crippen LogP contribution in [0.2, 0.25) is 0 Å². The van der Waals surface area contributed by atoms with Crippen molar-refractivity contribution in [3.8, 4) is 5.75 Å². The molecule has 0 radical (unpaired) electrons. The summed E-state index contributed by atoms with van der Waals surface area (Å²) < 4.78 is 6.01. The van der Waals surface area contributed by atoms with Crippen molar-refractivity contribution in [2.45, 2.75) is 44.9 Å². The molecule has 0 spiro atoms. The second-order valence-electron chi connectivity index (χ2n) is 7.47. The van der Waals surface area contributed by atoms with Gasteiger partial charge in [0, 0.05) is 18.2 Å². The Morgan fingerprint density at radius 2 is 1.93 bits per heavy atom. The van der Waals surface area contributed by atoms with Gasteiger partial charge in [-0.3, -0.25) is 24.7 Å². The summed E-state index contributed by atoms with van der Waals surface area (Å²) in [7, 11) is 0. The van der Waals surface area contributed by atoms with E-state index in [-0.39, 0.29) is 24.7 Å². The molecule has 1 saturated heterocycles. The van der Waals surface area contributed by atoms with Gasteiger partial charge in [-0.2, -0.15) is 0 Å². The van der Waals surface area contributed by atoms with Gasteiger partial charge in [0.2, 0.25) is 0 Å². The molecule has 0 aromatic heterocycles. The van der Waals surface area contributed by atoms with Gasteiger partial charge in [0.25, 0.3) is 0 Å². The Hall–Kier alpha value is -3.10. The van der Waals surface area contributed by atoms with E-state index in [0.29, 0.717) is 24.3 Å². The van der Waals surface area contributed by atoms with E-state index in [1.807, 2.05) is 6.92 Å². The number of carbonyl (C=O) groups is 3. The minimum absolute atomic E-state index is 0.0604. The number of nitrogens with two attached hydrogens (primary N) is 1. The Morgan fingerprint density at radius 3 is 2.45 bits per heavy atom. The Morgan fingerprint density at radius 1 is 1.28 bits per heavy atom. The van der Waals surface area contributed by atoms with E-state index < -0.39 is 30.1 Å². The molecule has 1 aliphatic carbocycles. The molecule has 2 aliphatic rings. The normalized spacial score (nSPS) is 20.5. The zero-order valence-electron chi connectivity index (χ0n) is 16.3. The Labute approximate surface area is 168 Å². The predicted molar refractivity (Wildman–Crippen MR) is 104 cm³/mol. The number of rotatable bonds is 9. The molecule has 1 heterocycles. The van der Waals surface area contributed by atoms with Gasteiger partial charge in [-0.1, -0.05) is 6.92 Å². The maximum Gasteiger partial charge on any atom is 0.315 e. The maximum absolute atomic E-state index is 12.8. The molecule has 9 nitrogen and oxygen atoms in total. The number of hydrogen-bond acceptors (Lipinski definition) is 5. The molecule has 2 unspecified atom stereocenters. The molecule has 1 aromatic carbocycles. The van der Waals surface area contributed by atoms with E-state index in [2.05, 4.69) is 0 Å². The summed E-state index contributed by atoms with van der Waals surface area (Å²) in [6, 6.07) is 6.10. The van der Waals surface area contributed by atoms with Gasteiger partial charge < -0.3 is 20.5 Å². The SMILES string of the molecule is CCCN1C(=O)C(=O)N(C(CC(=O)O)C2CC2)CC1Oc1ccc(C(=N)N)cc1. The molecule has 2 fully saturated rings. The van der Waals surface area contributed by atoms with E-state index in [4.69, 9.17) is 15.9 Å². The van der Waals surface area contributed by atoms with Crippen LogP contribution in [0.25, 0.3) is 0 Å². The van der Waals surface area contributed by atoms with Crippen LogP contribution in [0.1, 0.15) is 38.2 Å². The lowest BCUT2D eigenvalue weighted by atomic mass is 10.0. The Balaban J connectivity index is 1.83. The highest BCUT2D eigenvalue weighted by molar-refractivity contribution is 6.35. The zero-order chi connectivity index (χ0) is 21.1. The minimum atomic E-state index is -0.990. The molecular weight excluding hydrogens is 376 g/mol. The largest absolute Gasteiger partial charge is 0.481 e. The standard InChI is InChI=1S/C20H26N4O5/c1-2-9-23-16(29-14-7-5-13(6-8-14)18(21)22)11-24(20(28)19(23)27)15(10-17(25)26)12-3-4-12/h5-8,12,15-16H,2-4,9-11H2,1H3,(H3,21,22)(H,25,26). The lowest BCUT2D eigenvalue weighted by Gasteiger charge is -2.43. The number of piperazine rings is 1. The number of nitrogen functional groups attached to an aromatic ring is 1. The number of aliphatic carboxylic acids is 1. The van der Waals surface area contributed by atoms with Crippen molar-refractivity contribution >= 4 is 23.6 Å². The number of hydrogen-bond donors (Lipinski definition) is 3. The van der Waals surface area contributed by atoms with Crippen LogP contribution in [0.3, 0.4) is 0 Å². The summed E-state index contributed by atoms with van der Waals surface area (Å²) in [6.07, 6.45) is 1.47. The summed E-state index contributed by atoms with van der Waals surface area (Å²) >= 11 is 0. The molecule has 1 aromatic rings. The van der Waals surface area contributed by atoms with Crippen molar-refractivity contribution in [2.24, 2.45) is 11.7 Å². The molecule has 1 saturated carbocycles. The van der Waals surface area contributed by atoms with E-state index in [9.17, 15) is 19.5 Å². The van der Waals surface area contributed by atoms with E-state index in [0.717, 1.165) is 12.8 Å². The first-order chi connectivity index (χ1) is 13.8. The lowest BCUT2D eigenvalue weighted by molar-refractivity contribution is -0.170. The Bertz CT molecular complexity index is 806. The van der Waals surface area contributed by atoms with Gasteiger partial charge in [-0.25, -0.2) is 0 Å². The number of carbonyl (C=O) groups excluding carboxylic acids is 2. The average Bonchev–Trinajstić information content (AvgIpc) is 3.51. The number of benzene rings is 1. The van der Waals surface area contributed by atoms with E-state index in [1.54, 1.807) is 24.3 Å². The molecule has 29 heavy (non-hydrogen) atoms. The van der Waals surface area contributed by atoms with Gasteiger partial charge in [-0.15, -0.1) is 0 Å². The van der Waals surface area contributed by atoms with Gasteiger partial charge in [-0.05, 0) is 49.4 Å². The van der Waals surface area contributed by atoms with Crippen LogP contribution < -0.4 is 10.5 Å². The molecule has 9 heteroatoms. The molecule has 156 valence electrons. The van der Waals surface area contributed by atoms with Crippen molar-refractivity contribution in [2.75, 3.05) is 13.1 Å². The van der Waals surface area contributed by atoms with Gasteiger partial charge in [0.05, 0.1) is 13.0 Å². The number of nitrogens with one attached hydrogen (secondary N) is 1. The fourth-order valence-corrected chi connectivity index (χ4v) is 3.66. The molecule has 0 bridgehead atoms. The number of amidine groups is 1.